The molecule has 0 aliphatic rings. The second kappa shape index (κ2) is 14.3. The van der Waals surface area contributed by atoms with E-state index in [2.05, 4.69) is 63.7 Å². The lowest BCUT2D eigenvalue weighted by Crippen LogP contribution is -2.12. The Morgan fingerprint density at radius 1 is 0.711 bits per heavy atom. The van der Waals surface area contributed by atoms with E-state index in [1.165, 1.54) is 18.2 Å². The summed E-state index contributed by atoms with van der Waals surface area (Å²) >= 11 is 13.2. The topological polar surface area (TPSA) is 112 Å². The summed E-state index contributed by atoms with van der Waals surface area (Å²) in [4.78, 5) is 25.8. The van der Waals surface area contributed by atoms with E-state index in [0.717, 1.165) is 0 Å². The quantitative estimate of drug-likeness (QED) is 0.154. The minimum Gasteiger partial charge on any atom is -0.506 e. The van der Waals surface area contributed by atoms with Crippen LogP contribution in [0.5, 0.6) is 17.2 Å². The maximum Gasteiger partial charge on any atom is 0.338 e. The molecule has 0 radical (unpaired) electrons. The highest BCUT2D eigenvalue weighted by Gasteiger charge is 2.18. The molecule has 202 valence electrons. The second-order valence-corrected chi connectivity index (χ2v) is 11.3. The number of aromatic hydroxyl groups is 2. The van der Waals surface area contributed by atoms with Crippen molar-refractivity contribution < 1.29 is 38.7 Å². The summed E-state index contributed by atoms with van der Waals surface area (Å²) in [5.74, 6) is -1.34. The number of carbonyl (C=O) groups is 2. The average molecular weight is 782 g/mol. The molecule has 8 nitrogen and oxygen atoms in total. The first-order chi connectivity index (χ1) is 18.1. The van der Waals surface area contributed by atoms with E-state index in [9.17, 15) is 19.8 Å². The Kier molecular flexibility index (Phi) is 11.5. The van der Waals surface area contributed by atoms with E-state index >= 15 is 0 Å². The number of esters is 2. The van der Waals surface area contributed by atoms with Crippen LogP contribution >= 0.6 is 63.7 Å². The number of ether oxygens (including phenoxy) is 4. The summed E-state index contributed by atoms with van der Waals surface area (Å²) in [7, 11) is 0. The number of rotatable bonds is 11. The predicted molar refractivity (Wildman–Crippen MR) is 154 cm³/mol. The van der Waals surface area contributed by atoms with Crippen LogP contribution < -0.4 is 4.74 Å². The fourth-order valence-corrected chi connectivity index (χ4v) is 5.82. The molecule has 12 heteroatoms. The first-order valence-electron chi connectivity index (χ1n) is 11.1. The van der Waals surface area contributed by atoms with Crippen molar-refractivity contribution in [1.29, 1.82) is 0 Å². The van der Waals surface area contributed by atoms with Crippen molar-refractivity contribution in [1.82, 2.24) is 0 Å². The number of hydrogen-bond donors (Lipinski definition) is 2. The van der Waals surface area contributed by atoms with Crippen molar-refractivity contribution in [2.45, 2.75) is 20.1 Å². The molecule has 0 amide bonds. The molecule has 0 saturated carbocycles. The van der Waals surface area contributed by atoms with Crippen LogP contribution in [0.3, 0.4) is 0 Å². The van der Waals surface area contributed by atoms with Crippen molar-refractivity contribution in [3.05, 3.63) is 82.6 Å². The minimum absolute atomic E-state index is 0.0486. The van der Waals surface area contributed by atoms with Gasteiger partial charge in [0, 0.05) is 26.7 Å². The molecule has 0 unspecified atom stereocenters. The smallest absolute Gasteiger partial charge is 0.338 e. The standard InChI is InChI=1S/C26H22Br4O8/c1-2-35-3-4-36-20-8-14(25(33)37-12-16-6-18(27)10-21(29)23(16)31)5-15(9-20)26(34)38-13-17-7-19(28)11-22(30)24(17)32/h5-11,31-32H,2-4,12-13H2,1H3. The molecule has 3 aromatic rings. The van der Waals surface area contributed by atoms with Gasteiger partial charge in [-0.25, -0.2) is 9.59 Å². The Hall–Kier alpha value is -2.12. The number of phenols is 2. The van der Waals surface area contributed by atoms with Gasteiger partial charge in [-0.1, -0.05) is 31.9 Å². The highest BCUT2D eigenvalue weighted by Crippen LogP contribution is 2.33. The molecule has 2 N–H and O–H groups in total. The lowest BCUT2D eigenvalue weighted by atomic mass is 10.1. The van der Waals surface area contributed by atoms with Gasteiger partial charge in [-0.3, -0.25) is 0 Å². The fraction of sp³-hybridized carbons (Fsp3) is 0.231. The minimum atomic E-state index is -0.738. The van der Waals surface area contributed by atoms with Gasteiger partial charge < -0.3 is 29.2 Å². The Labute approximate surface area is 252 Å². The molecule has 0 spiro atoms. The number of halogens is 4. The summed E-state index contributed by atoms with van der Waals surface area (Å²) in [6, 6.07) is 10.8. The van der Waals surface area contributed by atoms with Gasteiger partial charge in [-0.05, 0) is 81.2 Å². The molecule has 0 saturated heterocycles. The molecule has 0 aromatic heterocycles. The Morgan fingerprint density at radius 2 is 1.18 bits per heavy atom. The maximum atomic E-state index is 12.9. The first kappa shape index (κ1) is 30.4. The summed E-state index contributed by atoms with van der Waals surface area (Å²) < 4.78 is 24.0. The van der Waals surface area contributed by atoms with Crippen LogP contribution in [-0.2, 0) is 27.4 Å². The van der Waals surface area contributed by atoms with Crippen LogP contribution in [0.4, 0.5) is 0 Å². The third-order valence-electron chi connectivity index (χ3n) is 5.01. The molecule has 3 rings (SSSR count). The molecule has 3 aromatic carbocycles. The molecule has 0 heterocycles. The summed E-state index contributed by atoms with van der Waals surface area (Å²) in [6.07, 6.45) is 0. The van der Waals surface area contributed by atoms with Crippen LogP contribution in [-0.4, -0.2) is 42.0 Å². The first-order valence-corrected chi connectivity index (χ1v) is 14.3. The van der Waals surface area contributed by atoms with Crippen molar-refractivity contribution in [3.8, 4) is 17.2 Å². The van der Waals surface area contributed by atoms with Crippen molar-refractivity contribution in [2.75, 3.05) is 19.8 Å². The van der Waals surface area contributed by atoms with E-state index < -0.39 is 11.9 Å². The summed E-state index contributed by atoms with van der Waals surface area (Å²) in [6.45, 7) is 2.46. The Bertz CT molecular complexity index is 1240. The van der Waals surface area contributed by atoms with Crippen LogP contribution in [0.15, 0.2) is 60.4 Å². The number of carbonyl (C=O) groups excluding carboxylic acids is 2. The average Bonchev–Trinajstić information content (AvgIpc) is 2.88. The van der Waals surface area contributed by atoms with Gasteiger partial charge in [0.25, 0.3) is 0 Å². The van der Waals surface area contributed by atoms with Crippen molar-refractivity contribution in [2.24, 2.45) is 0 Å². The lowest BCUT2D eigenvalue weighted by Gasteiger charge is -2.13. The largest absolute Gasteiger partial charge is 0.506 e. The monoisotopic (exact) mass is 778 g/mol. The second-order valence-electron chi connectivity index (χ2n) is 7.73. The van der Waals surface area contributed by atoms with Gasteiger partial charge in [0.1, 0.15) is 37.1 Å². The molecule has 38 heavy (non-hydrogen) atoms. The third kappa shape index (κ3) is 8.44. The molecule has 0 fully saturated rings. The number of phenolic OH excluding ortho intramolecular Hbond substituents is 2. The molecule has 0 aliphatic heterocycles. The molecular formula is C26H22Br4O8. The zero-order valence-electron chi connectivity index (χ0n) is 19.9. The van der Waals surface area contributed by atoms with Crippen LogP contribution in [0.1, 0.15) is 38.8 Å². The van der Waals surface area contributed by atoms with Gasteiger partial charge >= 0.3 is 11.9 Å². The molecule has 0 atom stereocenters. The highest BCUT2D eigenvalue weighted by molar-refractivity contribution is 9.11. The lowest BCUT2D eigenvalue weighted by molar-refractivity contribution is 0.0467. The van der Waals surface area contributed by atoms with E-state index in [-0.39, 0.29) is 48.2 Å². The Morgan fingerprint density at radius 3 is 1.63 bits per heavy atom. The summed E-state index contributed by atoms with van der Waals surface area (Å²) in [5.41, 5.74) is 0.853. The fourth-order valence-electron chi connectivity index (χ4n) is 3.19. The van der Waals surface area contributed by atoms with Crippen molar-refractivity contribution >= 4 is 75.7 Å². The predicted octanol–water partition coefficient (Wildman–Crippen LogP) is 7.28. The third-order valence-corrected chi connectivity index (χ3v) is 7.13. The van der Waals surface area contributed by atoms with E-state index in [1.54, 1.807) is 24.3 Å². The zero-order valence-corrected chi connectivity index (χ0v) is 26.3. The number of hydrogen-bond acceptors (Lipinski definition) is 8. The van der Waals surface area contributed by atoms with Gasteiger partial charge in [0.05, 0.1) is 26.7 Å². The summed E-state index contributed by atoms with van der Waals surface area (Å²) in [5, 5.41) is 20.5. The molecular weight excluding hydrogens is 760 g/mol. The van der Waals surface area contributed by atoms with Crippen LogP contribution in [0.2, 0.25) is 0 Å². The molecule has 0 bridgehead atoms. The highest BCUT2D eigenvalue weighted by atomic mass is 79.9. The Balaban J connectivity index is 1.80. The van der Waals surface area contributed by atoms with Gasteiger partial charge in [0.15, 0.2) is 0 Å². The van der Waals surface area contributed by atoms with E-state index in [0.29, 0.717) is 42.2 Å². The van der Waals surface area contributed by atoms with E-state index in [4.69, 9.17) is 18.9 Å². The van der Waals surface area contributed by atoms with Gasteiger partial charge in [-0.2, -0.15) is 0 Å². The van der Waals surface area contributed by atoms with Crippen LogP contribution in [0.25, 0.3) is 0 Å². The number of benzene rings is 3. The van der Waals surface area contributed by atoms with Crippen molar-refractivity contribution in [3.63, 3.8) is 0 Å². The van der Waals surface area contributed by atoms with Crippen LogP contribution in [0, 0.1) is 0 Å². The van der Waals surface area contributed by atoms with Gasteiger partial charge in [-0.15, -0.1) is 0 Å². The normalized spacial score (nSPS) is 10.8. The van der Waals surface area contributed by atoms with Gasteiger partial charge in [0.2, 0.25) is 0 Å². The molecule has 0 aliphatic carbocycles. The maximum absolute atomic E-state index is 12.9. The van der Waals surface area contributed by atoms with E-state index in [1.807, 2.05) is 6.92 Å². The SMILES string of the molecule is CCOCCOc1cc(C(=O)OCc2cc(Br)cc(Br)c2O)cc(C(=O)OCc2cc(Br)cc(Br)c2O)c1. The zero-order chi connectivity index (χ0) is 27.8.